The van der Waals surface area contributed by atoms with Crippen LogP contribution in [-0.4, -0.2) is 35.8 Å². The average molecular weight is 203 g/mol. The van der Waals surface area contributed by atoms with Gasteiger partial charge < -0.3 is 10.4 Å². The van der Waals surface area contributed by atoms with Crippen LogP contribution in [0.1, 0.15) is 26.2 Å². The van der Waals surface area contributed by atoms with Crippen molar-refractivity contribution in [3.05, 3.63) is 0 Å². The third-order valence-corrected chi connectivity index (χ3v) is 3.36. The summed E-state index contributed by atoms with van der Waals surface area (Å²) in [4.78, 5) is 0. The molecule has 0 radical (unpaired) electrons. The Hall–Kier alpha value is 0.270. The molecule has 1 rings (SSSR count). The predicted molar refractivity (Wildman–Crippen MR) is 59.2 cm³/mol. The van der Waals surface area contributed by atoms with Crippen molar-refractivity contribution in [2.45, 2.75) is 32.2 Å². The highest BCUT2D eigenvalue weighted by Crippen LogP contribution is 2.27. The van der Waals surface area contributed by atoms with Crippen molar-refractivity contribution < 1.29 is 5.11 Å². The minimum Gasteiger partial charge on any atom is -0.395 e. The van der Waals surface area contributed by atoms with Crippen LogP contribution in [0.25, 0.3) is 0 Å². The average Bonchev–Trinajstić information content (AvgIpc) is 2.94. The lowest BCUT2D eigenvalue weighted by molar-refractivity contribution is 0.239. The second-order valence-corrected chi connectivity index (χ2v) is 5.11. The van der Waals surface area contributed by atoms with Crippen LogP contribution in [0.15, 0.2) is 0 Å². The van der Waals surface area contributed by atoms with Gasteiger partial charge in [-0.15, -0.1) is 0 Å². The summed E-state index contributed by atoms with van der Waals surface area (Å²) >= 11 is 1.95. The van der Waals surface area contributed by atoms with Gasteiger partial charge in [-0.3, -0.25) is 0 Å². The normalized spacial score (nSPS) is 18.9. The zero-order valence-corrected chi connectivity index (χ0v) is 9.28. The molecule has 0 aromatic rings. The van der Waals surface area contributed by atoms with Gasteiger partial charge in [-0.25, -0.2) is 0 Å². The molecule has 2 N–H and O–H groups in total. The summed E-state index contributed by atoms with van der Waals surface area (Å²) in [6.45, 7) is 3.58. The van der Waals surface area contributed by atoms with Gasteiger partial charge in [0.2, 0.25) is 0 Å². The molecule has 0 heterocycles. The van der Waals surface area contributed by atoms with Crippen molar-refractivity contribution in [1.82, 2.24) is 5.32 Å². The molecule has 13 heavy (non-hydrogen) atoms. The minimum atomic E-state index is 0.289. The van der Waals surface area contributed by atoms with E-state index >= 15 is 0 Å². The number of aliphatic hydroxyl groups is 1. The van der Waals surface area contributed by atoms with Gasteiger partial charge in [0.25, 0.3) is 0 Å². The van der Waals surface area contributed by atoms with E-state index in [1.165, 1.54) is 24.3 Å². The number of hydrogen-bond acceptors (Lipinski definition) is 3. The fourth-order valence-corrected chi connectivity index (χ4v) is 2.02. The highest BCUT2D eigenvalue weighted by atomic mass is 32.2. The third-order valence-electron chi connectivity index (χ3n) is 2.43. The maximum atomic E-state index is 9.09. The first kappa shape index (κ1) is 11.3. The van der Waals surface area contributed by atoms with Crippen molar-refractivity contribution >= 4 is 11.8 Å². The number of aliphatic hydroxyl groups excluding tert-OH is 1. The highest BCUT2D eigenvalue weighted by Gasteiger charge is 2.21. The number of rotatable bonds is 8. The first-order valence-electron chi connectivity index (χ1n) is 5.28. The summed E-state index contributed by atoms with van der Waals surface area (Å²) in [7, 11) is 0. The number of hydrogen-bond donors (Lipinski definition) is 2. The molecule has 78 valence electrons. The molecule has 0 saturated heterocycles. The van der Waals surface area contributed by atoms with Crippen molar-refractivity contribution in [2.75, 3.05) is 24.7 Å². The smallest absolute Gasteiger partial charge is 0.0584 e. The molecular weight excluding hydrogens is 182 g/mol. The minimum absolute atomic E-state index is 0.289. The second kappa shape index (κ2) is 6.68. The lowest BCUT2D eigenvalue weighted by Gasteiger charge is -2.15. The maximum absolute atomic E-state index is 9.09. The molecular formula is C10H21NOS. The molecule has 0 spiro atoms. The van der Waals surface area contributed by atoms with Crippen molar-refractivity contribution in [3.63, 3.8) is 0 Å². The van der Waals surface area contributed by atoms with Crippen LogP contribution in [-0.2, 0) is 0 Å². The molecule has 1 unspecified atom stereocenters. The van der Waals surface area contributed by atoms with Crippen LogP contribution in [0.2, 0.25) is 0 Å². The molecule has 1 fully saturated rings. The molecule has 0 aliphatic heterocycles. The van der Waals surface area contributed by atoms with Gasteiger partial charge in [0.1, 0.15) is 0 Å². The van der Waals surface area contributed by atoms with Crippen LogP contribution in [0, 0.1) is 5.92 Å². The fourth-order valence-electron chi connectivity index (χ4n) is 1.28. The Bertz CT molecular complexity index is 128. The van der Waals surface area contributed by atoms with Crippen LogP contribution in [0.5, 0.6) is 0 Å². The number of thioether (sulfide) groups is 1. The summed E-state index contributed by atoms with van der Waals surface area (Å²) in [5.74, 6) is 3.26. The van der Waals surface area contributed by atoms with E-state index in [2.05, 4.69) is 12.2 Å². The van der Waals surface area contributed by atoms with Gasteiger partial charge in [0, 0.05) is 6.04 Å². The second-order valence-electron chi connectivity index (χ2n) is 3.72. The van der Waals surface area contributed by atoms with E-state index in [4.69, 9.17) is 5.11 Å². The van der Waals surface area contributed by atoms with E-state index in [1.54, 1.807) is 0 Å². The van der Waals surface area contributed by atoms with Gasteiger partial charge in [-0.1, -0.05) is 6.92 Å². The van der Waals surface area contributed by atoms with Gasteiger partial charge in [-0.05, 0) is 43.2 Å². The molecule has 1 saturated carbocycles. The largest absolute Gasteiger partial charge is 0.395 e. The molecule has 0 amide bonds. The Morgan fingerprint density at radius 2 is 2.31 bits per heavy atom. The Morgan fingerprint density at radius 1 is 1.54 bits per heavy atom. The van der Waals surface area contributed by atoms with E-state index in [1.807, 2.05) is 11.8 Å². The molecule has 1 atom stereocenters. The Balaban J connectivity index is 1.95. The van der Waals surface area contributed by atoms with E-state index in [0.717, 1.165) is 18.9 Å². The lowest BCUT2D eigenvalue weighted by Crippen LogP contribution is -2.34. The molecule has 1 aliphatic carbocycles. The van der Waals surface area contributed by atoms with E-state index < -0.39 is 0 Å². The van der Waals surface area contributed by atoms with Crippen LogP contribution in [0.3, 0.4) is 0 Å². The topological polar surface area (TPSA) is 32.3 Å². The molecule has 3 heteroatoms. The van der Waals surface area contributed by atoms with Crippen molar-refractivity contribution in [3.8, 4) is 0 Å². The SMILES string of the molecule is CCSCCC(CO)NCC1CC1. The zero-order chi connectivity index (χ0) is 9.52. The summed E-state index contributed by atoms with van der Waals surface area (Å²) in [6.07, 6.45) is 3.87. The lowest BCUT2D eigenvalue weighted by atomic mass is 10.2. The van der Waals surface area contributed by atoms with Gasteiger partial charge in [0.05, 0.1) is 6.61 Å². The fraction of sp³-hybridized carbons (Fsp3) is 1.00. The van der Waals surface area contributed by atoms with Crippen LogP contribution < -0.4 is 5.32 Å². The summed E-state index contributed by atoms with van der Waals surface area (Å²) in [6, 6.07) is 0.333. The first-order valence-corrected chi connectivity index (χ1v) is 6.44. The summed E-state index contributed by atoms with van der Waals surface area (Å²) < 4.78 is 0. The molecule has 2 nitrogen and oxygen atoms in total. The quantitative estimate of drug-likeness (QED) is 0.586. The standard InChI is InChI=1S/C10H21NOS/c1-2-13-6-5-10(8-12)11-7-9-3-4-9/h9-12H,2-8H2,1H3. The van der Waals surface area contributed by atoms with Crippen LogP contribution in [0.4, 0.5) is 0 Å². The summed E-state index contributed by atoms with van der Waals surface area (Å²) in [5.41, 5.74) is 0. The van der Waals surface area contributed by atoms with E-state index in [-0.39, 0.29) is 6.61 Å². The maximum Gasteiger partial charge on any atom is 0.0584 e. The molecule has 0 bridgehead atoms. The molecule has 0 aromatic heterocycles. The van der Waals surface area contributed by atoms with Gasteiger partial charge in [0.15, 0.2) is 0 Å². The third kappa shape index (κ3) is 5.55. The van der Waals surface area contributed by atoms with Crippen molar-refractivity contribution in [2.24, 2.45) is 5.92 Å². The Labute approximate surface area is 85.5 Å². The van der Waals surface area contributed by atoms with Gasteiger partial charge in [-0.2, -0.15) is 11.8 Å². The predicted octanol–water partition coefficient (Wildman–Crippen LogP) is 1.49. The van der Waals surface area contributed by atoms with Gasteiger partial charge >= 0.3 is 0 Å². The first-order chi connectivity index (χ1) is 6.36. The monoisotopic (exact) mass is 203 g/mol. The summed E-state index contributed by atoms with van der Waals surface area (Å²) in [5, 5.41) is 12.5. The van der Waals surface area contributed by atoms with Crippen molar-refractivity contribution in [1.29, 1.82) is 0 Å². The Morgan fingerprint density at radius 3 is 2.85 bits per heavy atom. The van der Waals surface area contributed by atoms with Crippen LogP contribution >= 0.6 is 11.8 Å². The van der Waals surface area contributed by atoms with E-state index in [9.17, 15) is 0 Å². The van der Waals surface area contributed by atoms with E-state index in [0.29, 0.717) is 6.04 Å². The molecule has 0 aromatic carbocycles. The number of nitrogens with one attached hydrogen (secondary N) is 1. The highest BCUT2D eigenvalue weighted by molar-refractivity contribution is 7.99. The Kier molecular flexibility index (Phi) is 5.83. The molecule has 1 aliphatic rings. The zero-order valence-electron chi connectivity index (χ0n) is 8.46.